The molecule has 0 aliphatic rings. The van der Waals surface area contributed by atoms with E-state index in [4.69, 9.17) is 10.00 Å². The van der Waals surface area contributed by atoms with Crippen LogP contribution in [0.15, 0.2) is 48.5 Å². The molecule has 0 radical (unpaired) electrons. The van der Waals surface area contributed by atoms with E-state index < -0.39 is 0 Å². The number of ether oxygens (including phenoxy) is 1. The zero-order valence-electron chi connectivity index (χ0n) is 13.0. The Morgan fingerprint density at radius 3 is 2.64 bits per heavy atom. The molecule has 0 saturated heterocycles. The van der Waals surface area contributed by atoms with Gasteiger partial charge in [-0.15, -0.1) is 0 Å². The van der Waals surface area contributed by atoms with Crippen LogP contribution in [0, 0.1) is 11.3 Å². The Bertz CT molecular complexity index is 631. The molecule has 0 atom stereocenters. The van der Waals surface area contributed by atoms with Crippen LogP contribution >= 0.6 is 0 Å². The molecule has 0 heterocycles. The molecule has 2 aromatic carbocycles. The second-order valence-corrected chi connectivity index (χ2v) is 5.24. The SMILES string of the molecule is CCCOCc1ccccc1CNCc1cccc(C#N)c1. The van der Waals surface area contributed by atoms with Gasteiger partial charge in [-0.1, -0.05) is 43.3 Å². The molecule has 0 spiro atoms. The highest BCUT2D eigenvalue weighted by Crippen LogP contribution is 2.11. The zero-order chi connectivity index (χ0) is 15.6. The van der Waals surface area contributed by atoms with Gasteiger partial charge in [0.15, 0.2) is 0 Å². The Hall–Kier alpha value is -2.15. The quantitative estimate of drug-likeness (QED) is 0.754. The normalized spacial score (nSPS) is 10.4. The number of nitrogens with zero attached hydrogens (tertiary/aromatic N) is 1. The van der Waals surface area contributed by atoms with E-state index in [1.165, 1.54) is 11.1 Å². The summed E-state index contributed by atoms with van der Waals surface area (Å²) in [7, 11) is 0. The van der Waals surface area contributed by atoms with Gasteiger partial charge >= 0.3 is 0 Å². The zero-order valence-corrected chi connectivity index (χ0v) is 13.0. The van der Waals surface area contributed by atoms with Crippen LogP contribution in [0.5, 0.6) is 0 Å². The summed E-state index contributed by atoms with van der Waals surface area (Å²) in [5, 5.41) is 12.4. The molecule has 0 bridgehead atoms. The topological polar surface area (TPSA) is 45.0 Å². The number of benzene rings is 2. The standard InChI is InChI=1S/C19H22N2O/c1-2-10-22-15-19-9-4-3-8-18(19)14-21-13-17-7-5-6-16(11-17)12-20/h3-9,11,21H,2,10,13-15H2,1H3. The second kappa shape index (κ2) is 8.99. The molecule has 0 fully saturated rings. The lowest BCUT2D eigenvalue weighted by Crippen LogP contribution is -2.14. The van der Waals surface area contributed by atoms with Gasteiger partial charge in [-0.2, -0.15) is 5.26 Å². The summed E-state index contributed by atoms with van der Waals surface area (Å²) < 4.78 is 5.64. The van der Waals surface area contributed by atoms with Gasteiger partial charge in [0, 0.05) is 19.7 Å². The predicted octanol–water partition coefficient (Wildman–Crippen LogP) is 3.77. The molecule has 3 heteroatoms. The van der Waals surface area contributed by atoms with E-state index in [1.54, 1.807) is 0 Å². The lowest BCUT2D eigenvalue weighted by atomic mass is 10.1. The van der Waals surface area contributed by atoms with Gasteiger partial charge in [-0.05, 0) is 35.2 Å². The highest BCUT2D eigenvalue weighted by atomic mass is 16.5. The van der Waals surface area contributed by atoms with Gasteiger partial charge in [0.1, 0.15) is 0 Å². The molecule has 3 nitrogen and oxygen atoms in total. The van der Waals surface area contributed by atoms with Crippen molar-refractivity contribution in [3.63, 3.8) is 0 Å². The Balaban J connectivity index is 1.89. The first kappa shape index (κ1) is 16.2. The molecule has 114 valence electrons. The lowest BCUT2D eigenvalue weighted by molar-refractivity contribution is 0.121. The predicted molar refractivity (Wildman–Crippen MR) is 88.1 cm³/mol. The smallest absolute Gasteiger partial charge is 0.0991 e. The summed E-state index contributed by atoms with van der Waals surface area (Å²) in [6, 6.07) is 18.2. The molecule has 0 aliphatic carbocycles. The van der Waals surface area contributed by atoms with Crippen molar-refractivity contribution in [3.05, 3.63) is 70.8 Å². The average molecular weight is 294 g/mol. The maximum Gasteiger partial charge on any atom is 0.0991 e. The molecule has 0 saturated carbocycles. The molecule has 0 aliphatic heterocycles. The Morgan fingerprint density at radius 1 is 1.05 bits per heavy atom. The Morgan fingerprint density at radius 2 is 1.86 bits per heavy atom. The first-order chi connectivity index (χ1) is 10.8. The first-order valence-electron chi connectivity index (χ1n) is 7.67. The number of nitriles is 1. The third-order valence-corrected chi connectivity index (χ3v) is 3.43. The monoisotopic (exact) mass is 294 g/mol. The summed E-state index contributed by atoms with van der Waals surface area (Å²) in [6.07, 6.45) is 1.04. The Labute approximate surface area is 132 Å². The van der Waals surface area contributed by atoms with Crippen molar-refractivity contribution in [2.45, 2.75) is 33.0 Å². The fraction of sp³-hybridized carbons (Fsp3) is 0.316. The van der Waals surface area contributed by atoms with Crippen molar-refractivity contribution in [2.24, 2.45) is 0 Å². The van der Waals surface area contributed by atoms with E-state index in [1.807, 2.05) is 30.3 Å². The fourth-order valence-corrected chi connectivity index (χ4v) is 2.29. The van der Waals surface area contributed by atoms with E-state index >= 15 is 0 Å². The van der Waals surface area contributed by atoms with Gasteiger partial charge in [-0.25, -0.2) is 0 Å². The van der Waals surface area contributed by atoms with E-state index in [0.29, 0.717) is 12.2 Å². The number of hydrogen-bond acceptors (Lipinski definition) is 3. The molecule has 0 amide bonds. The van der Waals surface area contributed by atoms with E-state index in [9.17, 15) is 0 Å². The van der Waals surface area contributed by atoms with Crippen LogP contribution in [0.25, 0.3) is 0 Å². The van der Waals surface area contributed by atoms with Crippen LogP contribution in [0.3, 0.4) is 0 Å². The first-order valence-corrected chi connectivity index (χ1v) is 7.67. The van der Waals surface area contributed by atoms with Crippen LogP contribution in [0.1, 0.15) is 35.6 Å². The maximum atomic E-state index is 8.92. The summed E-state index contributed by atoms with van der Waals surface area (Å²) in [4.78, 5) is 0. The van der Waals surface area contributed by atoms with Crippen LogP contribution in [0.2, 0.25) is 0 Å². The minimum atomic E-state index is 0.662. The van der Waals surface area contributed by atoms with Crippen molar-refractivity contribution in [1.29, 1.82) is 5.26 Å². The summed E-state index contributed by atoms with van der Waals surface area (Å²) in [5.74, 6) is 0. The third kappa shape index (κ3) is 5.00. The molecule has 0 unspecified atom stereocenters. The largest absolute Gasteiger partial charge is 0.377 e. The number of nitrogens with one attached hydrogen (secondary N) is 1. The molecule has 22 heavy (non-hydrogen) atoms. The molecular weight excluding hydrogens is 272 g/mol. The van der Waals surface area contributed by atoms with Crippen molar-refractivity contribution in [2.75, 3.05) is 6.61 Å². The van der Waals surface area contributed by atoms with Gasteiger partial charge in [-0.3, -0.25) is 0 Å². The molecule has 2 aromatic rings. The second-order valence-electron chi connectivity index (χ2n) is 5.24. The minimum Gasteiger partial charge on any atom is -0.377 e. The van der Waals surface area contributed by atoms with Gasteiger partial charge in [0.05, 0.1) is 18.2 Å². The third-order valence-electron chi connectivity index (χ3n) is 3.43. The van der Waals surface area contributed by atoms with Crippen molar-refractivity contribution < 1.29 is 4.74 Å². The van der Waals surface area contributed by atoms with Crippen LogP contribution in [-0.4, -0.2) is 6.61 Å². The fourth-order valence-electron chi connectivity index (χ4n) is 2.29. The van der Waals surface area contributed by atoms with E-state index in [-0.39, 0.29) is 0 Å². The van der Waals surface area contributed by atoms with Gasteiger partial charge in [0.2, 0.25) is 0 Å². The van der Waals surface area contributed by atoms with E-state index in [2.05, 4.69) is 36.5 Å². The van der Waals surface area contributed by atoms with Crippen LogP contribution < -0.4 is 5.32 Å². The average Bonchev–Trinajstić information content (AvgIpc) is 2.57. The van der Waals surface area contributed by atoms with Gasteiger partial charge in [0.25, 0.3) is 0 Å². The maximum absolute atomic E-state index is 8.92. The summed E-state index contributed by atoms with van der Waals surface area (Å²) in [5.41, 5.74) is 4.32. The van der Waals surface area contributed by atoms with Crippen molar-refractivity contribution >= 4 is 0 Å². The molecule has 2 rings (SSSR count). The van der Waals surface area contributed by atoms with Crippen molar-refractivity contribution in [1.82, 2.24) is 5.32 Å². The minimum absolute atomic E-state index is 0.662. The molecule has 1 N–H and O–H groups in total. The molecule has 0 aromatic heterocycles. The summed E-state index contributed by atoms with van der Waals surface area (Å²) >= 11 is 0. The van der Waals surface area contributed by atoms with Crippen LogP contribution in [-0.2, 0) is 24.4 Å². The lowest BCUT2D eigenvalue weighted by Gasteiger charge is -2.11. The van der Waals surface area contributed by atoms with E-state index in [0.717, 1.165) is 31.7 Å². The highest BCUT2D eigenvalue weighted by Gasteiger charge is 2.02. The number of hydrogen-bond donors (Lipinski definition) is 1. The van der Waals surface area contributed by atoms with Gasteiger partial charge < -0.3 is 10.1 Å². The van der Waals surface area contributed by atoms with Crippen molar-refractivity contribution in [3.8, 4) is 6.07 Å². The van der Waals surface area contributed by atoms with Crippen LogP contribution in [0.4, 0.5) is 0 Å². The highest BCUT2D eigenvalue weighted by molar-refractivity contribution is 5.33. The Kier molecular flexibility index (Phi) is 6.63. The molecular formula is C19H22N2O. The summed E-state index contributed by atoms with van der Waals surface area (Å²) in [6.45, 7) is 5.11. The number of rotatable bonds is 8.